The molecule has 0 aromatic carbocycles. The molecule has 0 aliphatic heterocycles. The molecule has 1 saturated carbocycles. The summed E-state index contributed by atoms with van der Waals surface area (Å²) < 4.78 is 1.92. The maximum atomic E-state index is 12.4. The predicted octanol–water partition coefficient (Wildman–Crippen LogP) is 2.65. The van der Waals surface area contributed by atoms with Gasteiger partial charge in [0.2, 0.25) is 0 Å². The van der Waals surface area contributed by atoms with Crippen molar-refractivity contribution < 1.29 is 14.7 Å². The second-order valence-corrected chi connectivity index (χ2v) is 5.75. The van der Waals surface area contributed by atoms with Crippen LogP contribution in [0.2, 0.25) is 0 Å². The van der Waals surface area contributed by atoms with E-state index in [0.29, 0.717) is 17.3 Å². The van der Waals surface area contributed by atoms with E-state index in [1.807, 2.05) is 11.6 Å². The van der Waals surface area contributed by atoms with Gasteiger partial charge in [-0.25, -0.2) is 4.79 Å². The quantitative estimate of drug-likeness (QED) is 0.904. The zero-order valence-electron chi connectivity index (χ0n) is 12.8. The van der Waals surface area contributed by atoms with Crippen LogP contribution in [0.5, 0.6) is 0 Å². The summed E-state index contributed by atoms with van der Waals surface area (Å²) in [6, 6.07) is 1.75. The summed E-state index contributed by atoms with van der Waals surface area (Å²) in [4.78, 5) is 27.2. The Hall–Kier alpha value is -2.70. The first-order valence-corrected chi connectivity index (χ1v) is 7.60. The molecule has 7 nitrogen and oxygen atoms in total. The smallest absolute Gasteiger partial charge is 0.337 e. The van der Waals surface area contributed by atoms with E-state index in [9.17, 15) is 9.59 Å². The molecule has 2 aromatic heterocycles. The van der Waals surface area contributed by atoms with Crippen molar-refractivity contribution in [3.8, 4) is 0 Å². The summed E-state index contributed by atoms with van der Waals surface area (Å²) in [6.07, 6.45) is 8.79. The second-order valence-electron chi connectivity index (χ2n) is 5.75. The van der Waals surface area contributed by atoms with Gasteiger partial charge < -0.3 is 10.4 Å². The molecule has 0 bridgehead atoms. The van der Waals surface area contributed by atoms with Crippen molar-refractivity contribution in [2.24, 2.45) is 0 Å². The highest BCUT2D eigenvalue weighted by Gasteiger charge is 2.22. The van der Waals surface area contributed by atoms with E-state index in [1.165, 1.54) is 31.3 Å². The molecule has 1 amide bonds. The lowest BCUT2D eigenvalue weighted by Gasteiger charge is -2.12. The van der Waals surface area contributed by atoms with Gasteiger partial charge in [-0.2, -0.15) is 5.10 Å². The van der Waals surface area contributed by atoms with Gasteiger partial charge >= 0.3 is 5.97 Å². The SMILES string of the molecule is Cc1c(C(=O)Nc2cncc(C(=O)O)c2)cnn1C1CCCC1. The van der Waals surface area contributed by atoms with E-state index in [0.717, 1.165) is 18.5 Å². The van der Waals surface area contributed by atoms with Gasteiger partial charge in [-0.1, -0.05) is 12.8 Å². The van der Waals surface area contributed by atoms with Crippen LogP contribution in [0.15, 0.2) is 24.7 Å². The van der Waals surface area contributed by atoms with Crippen molar-refractivity contribution in [3.63, 3.8) is 0 Å². The molecule has 2 N–H and O–H groups in total. The van der Waals surface area contributed by atoms with Crippen LogP contribution in [-0.4, -0.2) is 31.7 Å². The Morgan fingerprint density at radius 1 is 1.26 bits per heavy atom. The highest BCUT2D eigenvalue weighted by molar-refractivity contribution is 6.05. The van der Waals surface area contributed by atoms with E-state index >= 15 is 0 Å². The minimum Gasteiger partial charge on any atom is -0.478 e. The van der Waals surface area contributed by atoms with Gasteiger partial charge in [-0.15, -0.1) is 0 Å². The zero-order chi connectivity index (χ0) is 16.4. The standard InChI is InChI=1S/C16H18N4O3/c1-10-14(9-18-20(10)13-4-2-3-5-13)15(21)19-12-6-11(16(22)23)7-17-8-12/h6-9,13H,2-5H2,1H3,(H,19,21)(H,22,23). The van der Waals surface area contributed by atoms with E-state index in [2.05, 4.69) is 15.4 Å². The normalized spacial score (nSPS) is 14.8. The Labute approximate surface area is 133 Å². The Balaban J connectivity index is 1.78. The maximum absolute atomic E-state index is 12.4. The van der Waals surface area contributed by atoms with Crippen LogP contribution in [-0.2, 0) is 0 Å². The lowest BCUT2D eigenvalue weighted by Crippen LogP contribution is -2.15. The summed E-state index contributed by atoms with van der Waals surface area (Å²) in [5.74, 6) is -1.39. The van der Waals surface area contributed by atoms with Crippen LogP contribution >= 0.6 is 0 Å². The Bertz CT molecular complexity index is 748. The van der Waals surface area contributed by atoms with Crippen molar-refractivity contribution in [2.75, 3.05) is 5.32 Å². The monoisotopic (exact) mass is 314 g/mol. The molecule has 0 radical (unpaired) electrons. The minimum absolute atomic E-state index is 0.0289. The summed E-state index contributed by atoms with van der Waals surface area (Å²) in [5.41, 5.74) is 1.71. The van der Waals surface area contributed by atoms with Crippen molar-refractivity contribution in [1.29, 1.82) is 0 Å². The highest BCUT2D eigenvalue weighted by atomic mass is 16.4. The fourth-order valence-electron chi connectivity index (χ4n) is 2.99. The van der Waals surface area contributed by atoms with Crippen molar-refractivity contribution in [2.45, 2.75) is 38.6 Å². The van der Waals surface area contributed by atoms with Gasteiger partial charge in [0, 0.05) is 11.9 Å². The number of anilines is 1. The van der Waals surface area contributed by atoms with Crippen LogP contribution in [0.3, 0.4) is 0 Å². The van der Waals surface area contributed by atoms with Crippen LogP contribution in [0.4, 0.5) is 5.69 Å². The Kier molecular flexibility index (Phi) is 4.10. The molecular weight excluding hydrogens is 296 g/mol. The molecule has 1 aliphatic rings. The van der Waals surface area contributed by atoms with Crippen molar-refractivity contribution in [1.82, 2.24) is 14.8 Å². The van der Waals surface area contributed by atoms with Crippen molar-refractivity contribution in [3.05, 3.63) is 41.5 Å². The van der Waals surface area contributed by atoms with Crippen LogP contribution in [0, 0.1) is 6.92 Å². The molecule has 0 unspecified atom stereocenters. The number of carboxylic acid groups (broad SMARTS) is 1. The lowest BCUT2D eigenvalue weighted by atomic mass is 10.2. The molecule has 0 atom stereocenters. The van der Waals surface area contributed by atoms with E-state index < -0.39 is 5.97 Å². The van der Waals surface area contributed by atoms with Gasteiger partial charge in [0.25, 0.3) is 5.91 Å². The number of nitrogens with one attached hydrogen (secondary N) is 1. The third kappa shape index (κ3) is 3.08. The largest absolute Gasteiger partial charge is 0.478 e. The molecule has 0 saturated heterocycles. The van der Waals surface area contributed by atoms with E-state index in [4.69, 9.17) is 5.11 Å². The molecule has 2 heterocycles. The van der Waals surface area contributed by atoms with Gasteiger partial charge in [0.1, 0.15) is 0 Å². The number of carboxylic acids is 1. The zero-order valence-corrected chi connectivity index (χ0v) is 12.8. The number of aromatic nitrogens is 3. The fourth-order valence-corrected chi connectivity index (χ4v) is 2.99. The molecular formula is C16H18N4O3. The predicted molar refractivity (Wildman–Crippen MR) is 83.6 cm³/mol. The van der Waals surface area contributed by atoms with E-state index in [-0.39, 0.29) is 11.5 Å². The first-order valence-electron chi connectivity index (χ1n) is 7.60. The molecule has 120 valence electrons. The van der Waals surface area contributed by atoms with Gasteiger partial charge in [0.05, 0.1) is 35.2 Å². The molecule has 23 heavy (non-hydrogen) atoms. The van der Waals surface area contributed by atoms with Crippen LogP contribution < -0.4 is 5.32 Å². The van der Waals surface area contributed by atoms with E-state index in [1.54, 1.807) is 6.20 Å². The topological polar surface area (TPSA) is 97.1 Å². The number of pyridine rings is 1. The molecule has 1 fully saturated rings. The molecule has 1 aliphatic carbocycles. The molecule has 3 rings (SSSR count). The Morgan fingerprint density at radius 2 is 2.00 bits per heavy atom. The van der Waals surface area contributed by atoms with Crippen LogP contribution in [0.1, 0.15) is 58.1 Å². The number of hydrogen-bond donors (Lipinski definition) is 2. The van der Waals surface area contributed by atoms with Gasteiger partial charge in [-0.3, -0.25) is 14.5 Å². The number of carbonyl (C=O) groups excluding carboxylic acids is 1. The number of carbonyl (C=O) groups is 2. The molecule has 0 spiro atoms. The summed E-state index contributed by atoms with van der Waals surface area (Å²) in [5, 5.41) is 16.0. The van der Waals surface area contributed by atoms with Crippen LogP contribution in [0.25, 0.3) is 0 Å². The molecule has 7 heteroatoms. The summed E-state index contributed by atoms with van der Waals surface area (Å²) >= 11 is 0. The lowest BCUT2D eigenvalue weighted by molar-refractivity contribution is 0.0696. The fraction of sp³-hybridized carbons (Fsp3) is 0.375. The summed E-state index contributed by atoms with van der Waals surface area (Å²) in [7, 11) is 0. The number of amides is 1. The van der Waals surface area contributed by atoms with Crippen molar-refractivity contribution >= 4 is 17.6 Å². The maximum Gasteiger partial charge on any atom is 0.337 e. The van der Waals surface area contributed by atoms with Gasteiger partial charge in [-0.05, 0) is 25.8 Å². The highest BCUT2D eigenvalue weighted by Crippen LogP contribution is 2.30. The minimum atomic E-state index is -1.08. The Morgan fingerprint density at radius 3 is 2.70 bits per heavy atom. The first kappa shape index (κ1) is 15.2. The first-order chi connectivity index (χ1) is 11.1. The number of hydrogen-bond acceptors (Lipinski definition) is 4. The number of nitrogens with zero attached hydrogens (tertiary/aromatic N) is 3. The van der Waals surface area contributed by atoms with Gasteiger partial charge in [0.15, 0.2) is 0 Å². The average Bonchev–Trinajstić information content (AvgIpc) is 3.16. The number of rotatable bonds is 4. The average molecular weight is 314 g/mol. The summed E-state index contributed by atoms with van der Waals surface area (Å²) in [6.45, 7) is 1.88. The third-order valence-electron chi connectivity index (χ3n) is 4.20. The molecule has 2 aromatic rings. The second kappa shape index (κ2) is 6.20. The third-order valence-corrected chi connectivity index (χ3v) is 4.20. The number of aromatic carboxylic acids is 1.